The second-order valence-electron chi connectivity index (χ2n) is 3.26. The third-order valence-corrected chi connectivity index (χ3v) is 2.75. The van der Waals surface area contributed by atoms with E-state index in [1.165, 1.54) is 0 Å². The highest BCUT2D eigenvalue weighted by molar-refractivity contribution is 5.14. The molecule has 2 rings (SSSR count). The molecule has 12 heavy (non-hydrogen) atoms. The lowest BCUT2D eigenvalue weighted by atomic mass is 10.1. The van der Waals surface area contributed by atoms with Gasteiger partial charge < -0.3 is 18.9 Å². The minimum Gasteiger partial charge on any atom is -0.347 e. The Kier molecular flexibility index (Phi) is 1.55. The topological polar surface area (TPSA) is 43.5 Å². The van der Waals surface area contributed by atoms with Crippen LogP contribution < -0.4 is 0 Å². The van der Waals surface area contributed by atoms with Gasteiger partial charge in [0.1, 0.15) is 12.2 Å². The minimum atomic E-state index is -0.666. The number of ether oxygens (including phenoxy) is 4. The first-order valence-electron chi connectivity index (χ1n) is 4.09. The van der Waals surface area contributed by atoms with Crippen molar-refractivity contribution in [2.24, 2.45) is 0 Å². The Hall–Kier alpha value is -0.160. The van der Waals surface area contributed by atoms with E-state index < -0.39 is 11.6 Å². The molecule has 2 aliphatic heterocycles. The molecule has 4 atom stereocenters. The van der Waals surface area contributed by atoms with E-state index in [-0.39, 0.29) is 12.2 Å². The van der Waals surface area contributed by atoms with Crippen molar-refractivity contribution in [1.82, 2.24) is 0 Å². The van der Waals surface area contributed by atoms with Crippen LogP contribution in [0.4, 0.5) is 0 Å². The van der Waals surface area contributed by atoms with E-state index in [1.807, 2.05) is 13.8 Å². The molecule has 0 saturated carbocycles. The van der Waals surface area contributed by atoms with E-state index in [4.69, 9.17) is 18.9 Å². The molecule has 0 spiro atoms. The van der Waals surface area contributed by atoms with Crippen molar-refractivity contribution in [2.45, 2.75) is 37.6 Å². The summed E-state index contributed by atoms with van der Waals surface area (Å²) in [5.74, 6) is -1.33. The summed E-state index contributed by atoms with van der Waals surface area (Å²) in [7, 11) is 3.22. The van der Waals surface area contributed by atoms with E-state index in [0.717, 1.165) is 0 Å². The van der Waals surface area contributed by atoms with Crippen LogP contribution in [-0.2, 0) is 18.9 Å². The lowest BCUT2D eigenvalue weighted by molar-refractivity contribution is -0.174. The van der Waals surface area contributed by atoms with Gasteiger partial charge in [0.15, 0.2) is 0 Å². The van der Waals surface area contributed by atoms with Crippen molar-refractivity contribution in [3.8, 4) is 0 Å². The van der Waals surface area contributed by atoms with Gasteiger partial charge >= 0.3 is 0 Å². The zero-order valence-electron chi connectivity index (χ0n) is 7.79. The van der Waals surface area contributed by atoms with E-state index in [2.05, 4.69) is 0 Å². The molecular weight excluding hydrogens is 160 g/mol. The molecule has 0 aromatic heterocycles. The number of methoxy groups -OCH3 is 2. The molecule has 2 aliphatic rings. The summed E-state index contributed by atoms with van der Waals surface area (Å²) < 4.78 is 21.3. The number of epoxide rings is 2. The van der Waals surface area contributed by atoms with E-state index >= 15 is 0 Å². The van der Waals surface area contributed by atoms with Crippen LogP contribution in [-0.4, -0.2) is 38.0 Å². The second kappa shape index (κ2) is 2.20. The van der Waals surface area contributed by atoms with Crippen LogP contribution in [0.2, 0.25) is 0 Å². The van der Waals surface area contributed by atoms with Gasteiger partial charge in [-0.25, -0.2) is 0 Å². The van der Waals surface area contributed by atoms with Crippen LogP contribution in [0.1, 0.15) is 13.8 Å². The summed E-state index contributed by atoms with van der Waals surface area (Å²) in [4.78, 5) is 0. The average Bonchev–Trinajstić information content (AvgIpc) is 2.90. The van der Waals surface area contributed by atoms with Crippen molar-refractivity contribution in [1.29, 1.82) is 0 Å². The number of hydrogen-bond acceptors (Lipinski definition) is 4. The van der Waals surface area contributed by atoms with E-state index in [0.29, 0.717) is 0 Å². The third-order valence-electron chi connectivity index (χ3n) is 2.75. The molecule has 4 nitrogen and oxygen atoms in total. The fraction of sp³-hybridized carbons (Fsp3) is 1.00. The highest BCUT2D eigenvalue weighted by Gasteiger charge is 2.80. The summed E-state index contributed by atoms with van der Waals surface area (Å²) in [6.45, 7) is 3.89. The smallest absolute Gasteiger partial charge is 0.253 e. The maximum absolute atomic E-state index is 5.37. The Labute approximate surface area is 71.7 Å². The molecule has 0 aromatic carbocycles. The van der Waals surface area contributed by atoms with E-state index in [1.54, 1.807) is 14.2 Å². The molecular formula is C8H14O4. The molecule has 0 bridgehead atoms. The summed E-state index contributed by atoms with van der Waals surface area (Å²) >= 11 is 0. The van der Waals surface area contributed by atoms with Crippen LogP contribution >= 0.6 is 0 Å². The average molecular weight is 174 g/mol. The summed E-state index contributed by atoms with van der Waals surface area (Å²) in [6.07, 6.45) is 0.0970. The van der Waals surface area contributed by atoms with Crippen molar-refractivity contribution in [2.75, 3.05) is 14.2 Å². The zero-order chi connectivity index (χ0) is 8.98. The van der Waals surface area contributed by atoms with Crippen LogP contribution in [0.5, 0.6) is 0 Å². The molecule has 0 radical (unpaired) electrons. The normalized spacial score (nSPS) is 57.0. The van der Waals surface area contributed by atoms with Gasteiger partial charge in [0.25, 0.3) is 11.6 Å². The van der Waals surface area contributed by atoms with Crippen molar-refractivity contribution < 1.29 is 18.9 Å². The van der Waals surface area contributed by atoms with Crippen molar-refractivity contribution >= 4 is 0 Å². The third kappa shape index (κ3) is 0.713. The number of hydrogen-bond donors (Lipinski definition) is 0. The first kappa shape index (κ1) is 8.44. The fourth-order valence-electron chi connectivity index (χ4n) is 1.90. The Bertz CT molecular complexity index is 177. The molecule has 4 unspecified atom stereocenters. The predicted molar refractivity (Wildman–Crippen MR) is 40.6 cm³/mol. The highest BCUT2D eigenvalue weighted by Crippen LogP contribution is 2.58. The molecule has 2 heterocycles. The van der Waals surface area contributed by atoms with Crippen molar-refractivity contribution in [3.05, 3.63) is 0 Å². The predicted octanol–water partition coefficient (Wildman–Crippen LogP) is 0.509. The zero-order valence-corrected chi connectivity index (χ0v) is 7.79. The quantitative estimate of drug-likeness (QED) is 0.585. The lowest BCUT2D eigenvalue weighted by Gasteiger charge is -2.18. The molecule has 0 aromatic rings. The molecule has 0 N–H and O–H groups in total. The van der Waals surface area contributed by atoms with Crippen molar-refractivity contribution in [3.63, 3.8) is 0 Å². The monoisotopic (exact) mass is 174 g/mol. The van der Waals surface area contributed by atoms with Gasteiger partial charge in [-0.05, 0) is 13.8 Å². The molecule has 4 heteroatoms. The van der Waals surface area contributed by atoms with Gasteiger partial charge in [-0.15, -0.1) is 0 Å². The molecule has 2 saturated heterocycles. The van der Waals surface area contributed by atoms with Crippen LogP contribution in [0.3, 0.4) is 0 Å². The Morgan fingerprint density at radius 1 is 0.917 bits per heavy atom. The van der Waals surface area contributed by atoms with Gasteiger partial charge in [0, 0.05) is 14.2 Å². The summed E-state index contributed by atoms with van der Waals surface area (Å²) in [5.41, 5.74) is 0. The van der Waals surface area contributed by atoms with Crippen LogP contribution in [0.25, 0.3) is 0 Å². The largest absolute Gasteiger partial charge is 0.347 e. The maximum Gasteiger partial charge on any atom is 0.253 e. The van der Waals surface area contributed by atoms with Gasteiger partial charge in [-0.3, -0.25) is 0 Å². The summed E-state index contributed by atoms with van der Waals surface area (Å²) in [6, 6.07) is 0. The standard InChI is InChI=1S/C8H14O4/c1-5-7(9-3,11-5)8(10-4)6(2)12-8/h5-6H,1-4H3. The minimum absolute atomic E-state index is 0.0485. The first-order chi connectivity index (χ1) is 5.63. The van der Waals surface area contributed by atoms with Crippen LogP contribution in [0, 0.1) is 0 Å². The van der Waals surface area contributed by atoms with Crippen LogP contribution in [0.15, 0.2) is 0 Å². The highest BCUT2D eigenvalue weighted by atomic mass is 16.9. The number of rotatable bonds is 3. The van der Waals surface area contributed by atoms with Gasteiger partial charge in [0.05, 0.1) is 0 Å². The van der Waals surface area contributed by atoms with Gasteiger partial charge in [-0.2, -0.15) is 0 Å². The molecule has 0 amide bonds. The Morgan fingerprint density at radius 3 is 1.25 bits per heavy atom. The molecule has 70 valence electrons. The Morgan fingerprint density at radius 2 is 1.17 bits per heavy atom. The molecule has 2 fully saturated rings. The summed E-state index contributed by atoms with van der Waals surface area (Å²) in [5, 5.41) is 0. The van der Waals surface area contributed by atoms with Gasteiger partial charge in [-0.1, -0.05) is 0 Å². The first-order valence-corrected chi connectivity index (χ1v) is 4.09. The Balaban J connectivity index is 2.18. The molecule has 0 aliphatic carbocycles. The second-order valence-corrected chi connectivity index (χ2v) is 3.26. The van der Waals surface area contributed by atoms with Gasteiger partial charge in [0.2, 0.25) is 0 Å². The fourth-order valence-corrected chi connectivity index (χ4v) is 1.90. The SMILES string of the molecule is COC1(C2(OC)OC2C)OC1C. The maximum atomic E-state index is 5.37. The lowest BCUT2D eigenvalue weighted by Crippen LogP contribution is -2.40. The van der Waals surface area contributed by atoms with E-state index in [9.17, 15) is 0 Å².